The van der Waals surface area contributed by atoms with E-state index in [1.54, 1.807) is 56.3 Å². The summed E-state index contributed by atoms with van der Waals surface area (Å²) in [5.41, 5.74) is 1.45. The Morgan fingerprint density at radius 3 is 2.24 bits per heavy atom. The van der Waals surface area contributed by atoms with Crippen molar-refractivity contribution in [1.29, 1.82) is 5.26 Å². The van der Waals surface area contributed by atoms with Crippen molar-refractivity contribution in [3.8, 4) is 17.6 Å². The zero-order chi connectivity index (χ0) is 21.4. The summed E-state index contributed by atoms with van der Waals surface area (Å²) in [5, 5.41) is 21.6. The quantitative estimate of drug-likeness (QED) is 0.629. The molecule has 29 heavy (non-hydrogen) atoms. The molecule has 0 amide bonds. The average Bonchev–Trinajstić information content (AvgIpc) is 2.70. The van der Waals surface area contributed by atoms with E-state index in [1.165, 1.54) is 0 Å². The molecule has 0 spiro atoms. The minimum atomic E-state index is -1.09. The molecule has 0 saturated heterocycles. The first-order chi connectivity index (χ1) is 13.8. The lowest BCUT2D eigenvalue weighted by Gasteiger charge is -2.19. The molecule has 0 aliphatic carbocycles. The fourth-order valence-electron chi connectivity index (χ4n) is 2.51. The second kappa shape index (κ2) is 10.1. The number of hydrogen-bond acceptors (Lipinski definition) is 6. The van der Waals surface area contributed by atoms with E-state index >= 15 is 0 Å². The Kier molecular flexibility index (Phi) is 7.61. The highest BCUT2D eigenvalue weighted by atomic mass is 16.5. The fraction of sp³-hybridized carbons (Fsp3) is 0.318. The molecule has 0 fully saturated rings. The summed E-state index contributed by atoms with van der Waals surface area (Å²) in [6.07, 6.45) is 0. The minimum absolute atomic E-state index is 0.0566. The third kappa shape index (κ3) is 6.25. The van der Waals surface area contributed by atoms with Gasteiger partial charge in [0.05, 0.1) is 18.2 Å². The van der Waals surface area contributed by atoms with Gasteiger partial charge in [0.25, 0.3) is 0 Å². The third-order valence-corrected chi connectivity index (χ3v) is 4.14. The summed E-state index contributed by atoms with van der Waals surface area (Å²) in [6, 6.07) is 12.2. The average molecular weight is 396 g/mol. The number of nitrogens with zero attached hydrogens (tertiary/aromatic N) is 1. The Hall–Kier alpha value is -3.53. The number of Topliss-reactive ketones (excluding diaryl/α,β-unsaturated/α-hetero) is 1. The van der Waals surface area contributed by atoms with Gasteiger partial charge in [-0.2, -0.15) is 5.26 Å². The number of ether oxygens (including phenoxy) is 2. The molecule has 7 nitrogen and oxygen atoms in total. The molecule has 2 N–H and O–H groups in total. The lowest BCUT2D eigenvalue weighted by Crippen LogP contribution is -2.21. The molecule has 0 radical (unpaired) electrons. The predicted octanol–water partition coefficient (Wildman–Crippen LogP) is 3.80. The van der Waals surface area contributed by atoms with Crippen LogP contribution in [0.4, 0.5) is 5.69 Å². The number of nitrogens with one attached hydrogen (secondary N) is 1. The van der Waals surface area contributed by atoms with Gasteiger partial charge in [-0.05, 0) is 48.9 Å². The van der Waals surface area contributed by atoms with Crippen LogP contribution in [0.15, 0.2) is 42.5 Å². The Bertz CT molecular complexity index is 900. The van der Waals surface area contributed by atoms with Gasteiger partial charge in [0.2, 0.25) is 0 Å². The molecule has 0 aliphatic heterocycles. The molecule has 0 heterocycles. The molecule has 0 saturated carbocycles. The van der Waals surface area contributed by atoms with Crippen molar-refractivity contribution in [2.75, 3.05) is 18.5 Å². The highest BCUT2D eigenvalue weighted by molar-refractivity contribution is 5.82. The van der Waals surface area contributed by atoms with E-state index in [0.717, 1.165) is 0 Å². The van der Waals surface area contributed by atoms with Gasteiger partial charge in [-0.3, -0.25) is 4.79 Å². The molecule has 0 unspecified atom stereocenters. The maximum atomic E-state index is 11.9. The van der Waals surface area contributed by atoms with Crippen LogP contribution in [0.2, 0.25) is 0 Å². The molecular formula is C22H24N2O5. The van der Waals surface area contributed by atoms with E-state index in [1.807, 2.05) is 13.0 Å². The molecule has 1 atom stereocenters. The van der Waals surface area contributed by atoms with Crippen molar-refractivity contribution in [3.05, 3.63) is 53.6 Å². The van der Waals surface area contributed by atoms with E-state index in [-0.39, 0.29) is 18.3 Å². The largest absolute Gasteiger partial charge is 0.494 e. The SMILES string of the molecule is CCOc1cc(OCC(=O)C(C)C)cc([C@@H](Nc2ccc(C#N)cc2)C(=O)O)c1. The molecule has 2 aromatic rings. The number of carboxylic acid groups (broad SMARTS) is 1. The van der Waals surface area contributed by atoms with E-state index in [4.69, 9.17) is 14.7 Å². The van der Waals surface area contributed by atoms with Crippen molar-refractivity contribution in [2.24, 2.45) is 5.92 Å². The van der Waals surface area contributed by atoms with Crippen molar-refractivity contribution in [3.63, 3.8) is 0 Å². The smallest absolute Gasteiger partial charge is 0.330 e. The van der Waals surface area contributed by atoms with Crippen molar-refractivity contribution >= 4 is 17.4 Å². The zero-order valence-electron chi connectivity index (χ0n) is 16.6. The van der Waals surface area contributed by atoms with Gasteiger partial charge < -0.3 is 19.9 Å². The normalized spacial score (nSPS) is 11.4. The van der Waals surface area contributed by atoms with Gasteiger partial charge in [-0.15, -0.1) is 0 Å². The predicted molar refractivity (Wildman–Crippen MR) is 108 cm³/mol. The van der Waals surface area contributed by atoms with Gasteiger partial charge in [-0.1, -0.05) is 13.8 Å². The number of hydrogen-bond donors (Lipinski definition) is 2. The molecule has 2 aromatic carbocycles. The molecule has 0 aromatic heterocycles. The Morgan fingerprint density at radius 1 is 1.10 bits per heavy atom. The number of benzene rings is 2. The molecule has 0 aliphatic rings. The molecule has 0 bridgehead atoms. The number of ketones is 1. The van der Waals surface area contributed by atoms with Gasteiger partial charge in [-0.25, -0.2) is 4.79 Å². The second-order valence-electron chi connectivity index (χ2n) is 6.69. The lowest BCUT2D eigenvalue weighted by molar-refractivity contribution is -0.138. The molecule has 7 heteroatoms. The van der Waals surface area contributed by atoms with E-state index < -0.39 is 12.0 Å². The topological polar surface area (TPSA) is 109 Å². The van der Waals surface area contributed by atoms with Crippen LogP contribution in [0.1, 0.15) is 37.9 Å². The summed E-state index contributed by atoms with van der Waals surface area (Å²) in [4.78, 5) is 23.8. The summed E-state index contributed by atoms with van der Waals surface area (Å²) in [7, 11) is 0. The molecule has 2 rings (SSSR count). The van der Waals surface area contributed by atoms with Gasteiger partial charge >= 0.3 is 5.97 Å². The summed E-state index contributed by atoms with van der Waals surface area (Å²) >= 11 is 0. The van der Waals surface area contributed by atoms with Gasteiger partial charge in [0.1, 0.15) is 18.1 Å². The van der Waals surface area contributed by atoms with Gasteiger partial charge in [0, 0.05) is 17.7 Å². The van der Waals surface area contributed by atoms with Crippen molar-refractivity contribution < 1.29 is 24.2 Å². The minimum Gasteiger partial charge on any atom is -0.494 e. The van der Waals surface area contributed by atoms with Crippen LogP contribution < -0.4 is 14.8 Å². The Morgan fingerprint density at radius 2 is 1.72 bits per heavy atom. The summed E-state index contributed by atoms with van der Waals surface area (Å²) in [5.74, 6) is -0.502. The fourth-order valence-corrected chi connectivity index (χ4v) is 2.51. The van der Waals surface area contributed by atoms with Crippen LogP contribution in [-0.4, -0.2) is 30.1 Å². The highest BCUT2D eigenvalue weighted by Gasteiger charge is 2.22. The van der Waals surface area contributed by atoms with Gasteiger partial charge in [0.15, 0.2) is 11.8 Å². The Labute approximate surface area is 169 Å². The number of nitriles is 1. The van der Waals surface area contributed by atoms with Crippen LogP contribution in [0.3, 0.4) is 0 Å². The number of carbonyl (C=O) groups excluding carboxylic acids is 1. The van der Waals surface area contributed by atoms with Crippen LogP contribution >= 0.6 is 0 Å². The van der Waals surface area contributed by atoms with Crippen molar-refractivity contribution in [1.82, 2.24) is 0 Å². The first-order valence-corrected chi connectivity index (χ1v) is 9.26. The first kappa shape index (κ1) is 21.8. The number of anilines is 1. The highest BCUT2D eigenvalue weighted by Crippen LogP contribution is 2.29. The number of carbonyl (C=O) groups is 2. The van der Waals surface area contributed by atoms with Crippen LogP contribution in [-0.2, 0) is 9.59 Å². The zero-order valence-corrected chi connectivity index (χ0v) is 16.6. The maximum absolute atomic E-state index is 11.9. The van der Waals surface area contributed by atoms with Crippen LogP contribution in [0.25, 0.3) is 0 Å². The molecule has 152 valence electrons. The monoisotopic (exact) mass is 396 g/mol. The Balaban J connectivity index is 2.31. The van der Waals surface area contributed by atoms with Crippen LogP contribution in [0.5, 0.6) is 11.5 Å². The number of aliphatic carboxylic acids is 1. The second-order valence-corrected chi connectivity index (χ2v) is 6.69. The number of rotatable bonds is 10. The maximum Gasteiger partial charge on any atom is 0.330 e. The standard InChI is InChI=1S/C22H24N2O5/c1-4-28-18-9-16(10-19(11-18)29-13-20(25)14(2)3)21(22(26)27)24-17-7-5-15(12-23)6-8-17/h5-11,14,21,24H,4,13H2,1-3H3,(H,26,27)/t21-/m1/s1. The first-order valence-electron chi connectivity index (χ1n) is 9.26. The van der Waals surface area contributed by atoms with E-state index in [0.29, 0.717) is 34.9 Å². The summed E-state index contributed by atoms with van der Waals surface area (Å²) < 4.78 is 11.1. The summed E-state index contributed by atoms with van der Waals surface area (Å²) in [6.45, 7) is 5.69. The van der Waals surface area contributed by atoms with E-state index in [9.17, 15) is 14.7 Å². The molecular weight excluding hydrogens is 372 g/mol. The number of carboxylic acids is 1. The lowest BCUT2D eigenvalue weighted by atomic mass is 10.1. The van der Waals surface area contributed by atoms with Crippen LogP contribution in [0, 0.1) is 17.2 Å². The van der Waals surface area contributed by atoms with Crippen molar-refractivity contribution in [2.45, 2.75) is 26.8 Å². The van der Waals surface area contributed by atoms with E-state index in [2.05, 4.69) is 5.32 Å². The third-order valence-electron chi connectivity index (χ3n) is 4.14.